The molecule has 1 fully saturated rings. The first kappa shape index (κ1) is 17.2. The molecule has 1 atom stereocenters. The van der Waals surface area contributed by atoms with E-state index in [1.807, 2.05) is 0 Å². The summed E-state index contributed by atoms with van der Waals surface area (Å²) in [5.74, 6) is -1.26. The summed E-state index contributed by atoms with van der Waals surface area (Å²) in [4.78, 5) is 25.1. The Balaban J connectivity index is 2.38. The maximum Gasteiger partial charge on any atom is 0.311 e. The van der Waals surface area contributed by atoms with Crippen molar-refractivity contribution in [3.63, 3.8) is 0 Å². The van der Waals surface area contributed by atoms with Crippen molar-refractivity contribution in [3.05, 3.63) is 23.8 Å². The van der Waals surface area contributed by atoms with Crippen molar-refractivity contribution in [3.8, 4) is 5.75 Å². The number of primary sulfonamides is 1. The SMILES string of the molecule is COc1ccc(S(N)(=O)=O)cc1C(=O)N1CC[C@](C)(C(=O)O)C1. The standard InChI is InChI=1S/C14H18N2O6S/c1-14(13(18)19)5-6-16(8-14)12(17)10-7-9(23(15,20)21)3-4-11(10)22-2/h3-4,7H,5-6,8H2,1-2H3,(H,18,19)(H2,15,20,21)/t14-/m0/s1. The molecule has 1 saturated heterocycles. The Kier molecular flexibility index (Phi) is 4.36. The summed E-state index contributed by atoms with van der Waals surface area (Å²) in [6.45, 7) is 1.88. The zero-order valence-corrected chi connectivity index (χ0v) is 13.6. The zero-order valence-electron chi connectivity index (χ0n) is 12.8. The Morgan fingerprint density at radius 2 is 2.04 bits per heavy atom. The Morgan fingerprint density at radius 1 is 1.39 bits per heavy atom. The first-order valence-electron chi connectivity index (χ1n) is 6.82. The molecule has 3 N–H and O–H groups in total. The van der Waals surface area contributed by atoms with Crippen molar-refractivity contribution < 1.29 is 27.9 Å². The number of carbonyl (C=O) groups excluding carboxylic acids is 1. The smallest absolute Gasteiger partial charge is 0.311 e. The van der Waals surface area contributed by atoms with Crippen molar-refractivity contribution in [1.29, 1.82) is 0 Å². The van der Waals surface area contributed by atoms with Crippen LogP contribution in [0.25, 0.3) is 0 Å². The molecule has 0 saturated carbocycles. The summed E-state index contributed by atoms with van der Waals surface area (Å²) in [5.41, 5.74) is -0.978. The van der Waals surface area contributed by atoms with Gasteiger partial charge in [-0.1, -0.05) is 0 Å². The molecule has 0 radical (unpaired) electrons. The number of nitrogens with zero attached hydrogens (tertiary/aromatic N) is 1. The number of carbonyl (C=O) groups is 2. The van der Waals surface area contributed by atoms with Gasteiger partial charge in [0.2, 0.25) is 10.0 Å². The van der Waals surface area contributed by atoms with Crippen LogP contribution in [-0.4, -0.2) is 50.5 Å². The van der Waals surface area contributed by atoms with E-state index in [9.17, 15) is 23.1 Å². The molecule has 0 aliphatic carbocycles. The van der Waals surface area contributed by atoms with Crippen LogP contribution in [0.5, 0.6) is 5.75 Å². The van der Waals surface area contributed by atoms with Crippen LogP contribution in [0.1, 0.15) is 23.7 Å². The lowest BCUT2D eigenvalue weighted by Gasteiger charge is -2.21. The van der Waals surface area contributed by atoms with Crippen LogP contribution in [0.4, 0.5) is 0 Å². The summed E-state index contributed by atoms with van der Waals surface area (Å²) in [7, 11) is -2.61. The third kappa shape index (κ3) is 3.30. The van der Waals surface area contributed by atoms with Crippen LogP contribution in [0.3, 0.4) is 0 Å². The largest absolute Gasteiger partial charge is 0.496 e. The van der Waals surface area contributed by atoms with Gasteiger partial charge in [-0.2, -0.15) is 0 Å². The van der Waals surface area contributed by atoms with Gasteiger partial charge in [0.1, 0.15) is 5.75 Å². The summed E-state index contributed by atoms with van der Waals surface area (Å²) in [6.07, 6.45) is 0.325. The molecule has 8 nitrogen and oxygen atoms in total. The zero-order chi connectivity index (χ0) is 17.4. The lowest BCUT2D eigenvalue weighted by Crippen LogP contribution is -2.35. The molecule has 9 heteroatoms. The third-order valence-electron chi connectivity index (χ3n) is 4.01. The van der Waals surface area contributed by atoms with E-state index in [1.165, 1.54) is 24.1 Å². The fourth-order valence-electron chi connectivity index (χ4n) is 2.51. The topological polar surface area (TPSA) is 127 Å². The monoisotopic (exact) mass is 342 g/mol. The minimum absolute atomic E-state index is 0.0358. The van der Waals surface area contributed by atoms with E-state index in [4.69, 9.17) is 9.88 Å². The number of sulfonamides is 1. The van der Waals surface area contributed by atoms with E-state index in [2.05, 4.69) is 0 Å². The summed E-state index contributed by atoms with van der Waals surface area (Å²) in [6, 6.07) is 3.74. The first-order chi connectivity index (χ1) is 10.6. The van der Waals surface area contributed by atoms with E-state index in [-0.39, 0.29) is 29.3 Å². The molecule has 2 rings (SSSR count). The highest BCUT2D eigenvalue weighted by molar-refractivity contribution is 7.89. The molecule has 126 valence electrons. The van der Waals surface area contributed by atoms with Gasteiger partial charge >= 0.3 is 5.97 Å². The second-order valence-electron chi connectivity index (χ2n) is 5.75. The number of hydrogen-bond donors (Lipinski definition) is 2. The van der Waals surface area contributed by atoms with Crippen molar-refractivity contribution in [2.24, 2.45) is 10.6 Å². The van der Waals surface area contributed by atoms with Gasteiger partial charge < -0.3 is 14.7 Å². The number of carboxylic acids is 1. The normalized spacial score (nSPS) is 21.3. The highest BCUT2D eigenvalue weighted by atomic mass is 32.2. The van der Waals surface area contributed by atoms with E-state index < -0.39 is 27.3 Å². The second-order valence-corrected chi connectivity index (χ2v) is 7.31. The van der Waals surface area contributed by atoms with Gasteiger partial charge in [-0.25, -0.2) is 13.6 Å². The maximum absolute atomic E-state index is 12.6. The quantitative estimate of drug-likeness (QED) is 0.809. The number of hydrogen-bond acceptors (Lipinski definition) is 5. The second kappa shape index (κ2) is 5.82. The van der Waals surface area contributed by atoms with E-state index >= 15 is 0 Å². The highest BCUT2D eigenvalue weighted by Gasteiger charge is 2.42. The van der Waals surface area contributed by atoms with Crippen LogP contribution >= 0.6 is 0 Å². The van der Waals surface area contributed by atoms with Crippen molar-refractivity contribution in [1.82, 2.24) is 4.90 Å². The first-order valence-corrected chi connectivity index (χ1v) is 8.36. The van der Waals surface area contributed by atoms with Crippen molar-refractivity contribution in [2.75, 3.05) is 20.2 Å². The molecule has 0 aromatic heterocycles. The van der Waals surface area contributed by atoms with Gasteiger partial charge in [0.25, 0.3) is 5.91 Å². The van der Waals surface area contributed by atoms with Crippen LogP contribution in [0, 0.1) is 5.41 Å². The molecule has 1 heterocycles. The average Bonchev–Trinajstić information content (AvgIpc) is 2.89. The van der Waals surface area contributed by atoms with Gasteiger partial charge in [0, 0.05) is 13.1 Å². The number of carboxylic acid groups (broad SMARTS) is 1. The fraction of sp³-hybridized carbons (Fsp3) is 0.429. The van der Waals surface area contributed by atoms with Crippen LogP contribution < -0.4 is 9.88 Å². The number of benzene rings is 1. The maximum atomic E-state index is 12.6. The summed E-state index contributed by atoms with van der Waals surface area (Å²) in [5, 5.41) is 14.3. The van der Waals surface area contributed by atoms with Gasteiger partial charge in [-0.05, 0) is 31.5 Å². The van der Waals surface area contributed by atoms with E-state index in [0.29, 0.717) is 6.42 Å². The number of aliphatic carboxylic acids is 1. The predicted octanol–water partition coefficient (Wildman–Crippen LogP) is 0.279. The Labute approximate surface area is 133 Å². The van der Waals surface area contributed by atoms with Gasteiger partial charge in [-0.3, -0.25) is 9.59 Å². The number of ether oxygens (including phenoxy) is 1. The Morgan fingerprint density at radius 3 is 2.52 bits per heavy atom. The lowest BCUT2D eigenvalue weighted by atomic mass is 9.90. The number of rotatable bonds is 4. The molecule has 1 aliphatic rings. The molecule has 23 heavy (non-hydrogen) atoms. The Hall–Kier alpha value is -2.13. The predicted molar refractivity (Wildman–Crippen MR) is 80.6 cm³/mol. The van der Waals surface area contributed by atoms with E-state index in [1.54, 1.807) is 6.92 Å². The minimum Gasteiger partial charge on any atom is -0.496 e. The van der Waals surface area contributed by atoms with Crippen LogP contribution in [0.2, 0.25) is 0 Å². The van der Waals surface area contributed by atoms with Gasteiger partial charge in [0.15, 0.2) is 0 Å². The summed E-state index contributed by atoms with van der Waals surface area (Å²) < 4.78 is 28.0. The third-order valence-corrected chi connectivity index (χ3v) is 4.92. The van der Waals surface area contributed by atoms with Crippen LogP contribution in [-0.2, 0) is 14.8 Å². The number of nitrogens with two attached hydrogens (primary N) is 1. The summed E-state index contributed by atoms with van der Waals surface area (Å²) >= 11 is 0. The van der Waals surface area contributed by atoms with Crippen molar-refractivity contribution in [2.45, 2.75) is 18.2 Å². The highest BCUT2D eigenvalue weighted by Crippen LogP contribution is 2.32. The van der Waals surface area contributed by atoms with Gasteiger partial charge in [-0.15, -0.1) is 0 Å². The molecular weight excluding hydrogens is 324 g/mol. The number of likely N-dealkylation sites (tertiary alicyclic amines) is 1. The van der Waals surface area contributed by atoms with Gasteiger partial charge in [0.05, 0.1) is 23.0 Å². The molecule has 1 aliphatic heterocycles. The number of amides is 1. The van der Waals surface area contributed by atoms with Crippen LogP contribution in [0.15, 0.2) is 23.1 Å². The van der Waals surface area contributed by atoms with E-state index in [0.717, 1.165) is 6.07 Å². The average molecular weight is 342 g/mol. The molecule has 0 unspecified atom stereocenters. The lowest BCUT2D eigenvalue weighted by molar-refractivity contribution is -0.147. The minimum atomic E-state index is -3.96. The molecule has 0 bridgehead atoms. The molecule has 1 aromatic carbocycles. The molecule has 1 amide bonds. The molecule has 1 aromatic rings. The number of methoxy groups -OCH3 is 1. The Bertz CT molecular complexity index is 761. The fourth-order valence-corrected chi connectivity index (χ4v) is 3.05. The molecule has 0 spiro atoms. The molecular formula is C14H18N2O6S. The van der Waals surface area contributed by atoms with Crippen molar-refractivity contribution >= 4 is 21.9 Å².